The van der Waals surface area contributed by atoms with E-state index in [2.05, 4.69) is 10.3 Å². The zero-order valence-corrected chi connectivity index (χ0v) is 13.2. The van der Waals surface area contributed by atoms with Crippen molar-refractivity contribution in [2.24, 2.45) is 0 Å². The van der Waals surface area contributed by atoms with Crippen LogP contribution in [0.3, 0.4) is 0 Å². The minimum absolute atomic E-state index is 0.148. The van der Waals surface area contributed by atoms with Crippen LogP contribution >= 0.6 is 11.8 Å². The van der Waals surface area contributed by atoms with Crippen LogP contribution in [0.25, 0.3) is 11.0 Å². The highest BCUT2D eigenvalue weighted by molar-refractivity contribution is 7.98. The van der Waals surface area contributed by atoms with E-state index in [0.29, 0.717) is 5.56 Å². The second-order valence-corrected chi connectivity index (χ2v) is 5.74. The molecule has 0 aliphatic carbocycles. The van der Waals surface area contributed by atoms with Crippen LogP contribution in [0.1, 0.15) is 29.1 Å². The predicted molar refractivity (Wildman–Crippen MR) is 88.1 cm³/mol. The Bertz CT molecular complexity index is 780. The normalized spacial score (nSPS) is 12.3. The maximum absolute atomic E-state index is 12.4. The van der Waals surface area contributed by atoms with Crippen molar-refractivity contribution in [3.8, 4) is 0 Å². The lowest BCUT2D eigenvalue weighted by molar-refractivity contribution is 0.0932. The van der Waals surface area contributed by atoms with E-state index in [0.717, 1.165) is 21.8 Å². The minimum atomic E-state index is -0.213. The smallest absolute Gasteiger partial charge is 0.254 e. The van der Waals surface area contributed by atoms with Crippen LogP contribution in [-0.4, -0.2) is 17.1 Å². The molecule has 0 aliphatic rings. The van der Waals surface area contributed by atoms with Crippen molar-refractivity contribution < 1.29 is 9.21 Å². The number of nitrogens with one attached hydrogen (secondary N) is 1. The molecule has 112 valence electrons. The first-order chi connectivity index (χ1) is 10.7. The Kier molecular flexibility index (Phi) is 4.15. The van der Waals surface area contributed by atoms with Crippen LogP contribution in [-0.2, 0) is 0 Å². The summed E-state index contributed by atoms with van der Waals surface area (Å²) in [6.45, 7) is 1.91. The molecule has 0 unspecified atom stereocenters. The summed E-state index contributed by atoms with van der Waals surface area (Å²) in [6.07, 6.45) is 3.59. The molecular weight excluding hydrogens is 296 g/mol. The molecule has 0 saturated carbocycles. The lowest BCUT2D eigenvalue weighted by atomic mass is 10.2. The molecule has 1 aromatic carbocycles. The van der Waals surface area contributed by atoms with E-state index in [-0.39, 0.29) is 11.9 Å². The zero-order valence-electron chi connectivity index (χ0n) is 12.4. The Morgan fingerprint density at radius 3 is 2.86 bits per heavy atom. The molecule has 0 aliphatic heterocycles. The maximum Gasteiger partial charge on any atom is 0.254 e. The number of rotatable bonds is 4. The fourth-order valence-corrected chi connectivity index (χ4v) is 2.83. The number of fused-ring (bicyclic) bond motifs is 1. The lowest BCUT2D eigenvalue weighted by Crippen LogP contribution is -2.27. The third-order valence-corrected chi connectivity index (χ3v) is 4.14. The van der Waals surface area contributed by atoms with Crippen LogP contribution in [0.5, 0.6) is 0 Å². The molecule has 2 heterocycles. The van der Waals surface area contributed by atoms with Gasteiger partial charge in [0, 0.05) is 11.6 Å². The molecule has 1 amide bonds. The largest absolute Gasteiger partial charge is 0.459 e. The van der Waals surface area contributed by atoms with E-state index in [9.17, 15) is 4.79 Å². The van der Waals surface area contributed by atoms with Crippen LogP contribution in [0.2, 0.25) is 0 Å². The first-order valence-electron chi connectivity index (χ1n) is 6.97. The van der Waals surface area contributed by atoms with Crippen molar-refractivity contribution >= 4 is 28.6 Å². The van der Waals surface area contributed by atoms with Gasteiger partial charge >= 0.3 is 0 Å². The molecule has 0 fully saturated rings. The van der Waals surface area contributed by atoms with E-state index < -0.39 is 0 Å². The predicted octanol–water partition coefficient (Wildman–Crippen LogP) is 4.04. The average molecular weight is 312 g/mol. The summed E-state index contributed by atoms with van der Waals surface area (Å²) >= 11 is 1.46. The highest BCUT2D eigenvalue weighted by Gasteiger charge is 2.17. The minimum Gasteiger partial charge on any atom is -0.459 e. The number of carbonyl (C=O) groups excluding carboxylic acids is 1. The number of pyridine rings is 1. The van der Waals surface area contributed by atoms with Crippen LogP contribution < -0.4 is 5.32 Å². The standard InChI is InChI=1S/C17H16N2O2S/c1-11(15-10-12-6-3-4-8-14(12)21-15)19-16(20)13-7-5-9-18-17(13)22-2/h3-11H,1-2H3,(H,19,20)/t11-/m1/s1. The molecule has 2 aromatic heterocycles. The highest BCUT2D eigenvalue weighted by Crippen LogP contribution is 2.24. The van der Waals surface area contributed by atoms with E-state index in [1.165, 1.54) is 11.8 Å². The van der Waals surface area contributed by atoms with Gasteiger partial charge in [-0.1, -0.05) is 18.2 Å². The topological polar surface area (TPSA) is 55.1 Å². The van der Waals surface area contributed by atoms with Crippen LogP contribution in [0.15, 0.2) is 58.1 Å². The Hall–Kier alpha value is -2.27. The van der Waals surface area contributed by atoms with Gasteiger partial charge in [0.15, 0.2) is 0 Å². The van der Waals surface area contributed by atoms with Gasteiger partial charge in [0.05, 0.1) is 11.6 Å². The molecule has 0 spiro atoms. The Morgan fingerprint density at radius 1 is 1.27 bits per heavy atom. The van der Waals surface area contributed by atoms with E-state index >= 15 is 0 Å². The van der Waals surface area contributed by atoms with Gasteiger partial charge in [-0.05, 0) is 37.4 Å². The molecular formula is C17H16N2O2S. The molecule has 3 rings (SSSR count). The average Bonchev–Trinajstić information content (AvgIpc) is 2.99. The summed E-state index contributed by atoms with van der Waals surface area (Å²) in [6, 6.07) is 13.1. The summed E-state index contributed by atoms with van der Waals surface area (Å²) in [5.41, 5.74) is 1.41. The van der Waals surface area contributed by atoms with Crippen molar-refractivity contribution in [3.63, 3.8) is 0 Å². The SMILES string of the molecule is CSc1ncccc1C(=O)N[C@H](C)c1cc2ccccc2o1. The maximum atomic E-state index is 12.4. The third-order valence-electron chi connectivity index (χ3n) is 3.43. The number of carbonyl (C=O) groups is 1. The van der Waals surface area contributed by atoms with Crippen molar-refractivity contribution in [1.82, 2.24) is 10.3 Å². The van der Waals surface area contributed by atoms with Gasteiger partial charge in [0.25, 0.3) is 5.91 Å². The van der Waals surface area contributed by atoms with Crippen LogP contribution in [0, 0.1) is 0 Å². The molecule has 22 heavy (non-hydrogen) atoms. The Balaban J connectivity index is 1.81. The molecule has 0 saturated heterocycles. The van der Waals surface area contributed by atoms with Gasteiger partial charge in [-0.15, -0.1) is 11.8 Å². The molecule has 1 atom stereocenters. The summed E-state index contributed by atoms with van der Waals surface area (Å²) in [5.74, 6) is 0.592. The van der Waals surface area contributed by atoms with Gasteiger partial charge in [0.1, 0.15) is 16.4 Å². The molecule has 0 bridgehead atoms. The van der Waals surface area contributed by atoms with Gasteiger partial charge in [-0.3, -0.25) is 4.79 Å². The van der Waals surface area contributed by atoms with Crippen molar-refractivity contribution in [2.45, 2.75) is 18.0 Å². The number of nitrogens with zero attached hydrogens (tertiary/aromatic N) is 1. The van der Waals surface area contributed by atoms with Gasteiger partial charge in [-0.25, -0.2) is 4.98 Å². The summed E-state index contributed by atoms with van der Waals surface area (Å²) in [4.78, 5) is 16.6. The van der Waals surface area contributed by atoms with E-state index in [1.807, 2.05) is 43.5 Å². The van der Waals surface area contributed by atoms with Crippen LogP contribution in [0.4, 0.5) is 0 Å². The molecule has 1 N–H and O–H groups in total. The monoisotopic (exact) mass is 312 g/mol. The summed E-state index contributed by atoms with van der Waals surface area (Å²) in [5, 5.41) is 4.71. The number of hydrogen-bond donors (Lipinski definition) is 1. The number of furan rings is 1. The number of thioether (sulfide) groups is 1. The molecule has 0 radical (unpaired) electrons. The Labute approximate surface area is 132 Å². The zero-order chi connectivity index (χ0) is 15.5. The molecule has 5 heteroatoms. The van der Waals surface area contributed by atoms with Gasteiger partial charge in [-0.2, -0.15) is 0 Å². The lowest BCUT2D eigenvalue weighted by Gasteiger charge is -2.12. The second kappa shape index (κ2) is 6.23. The fourth-order valence-electron chi connectivity index (χ4n) is 2.29. The number of amides is 1. The van der Waals surface area contributed by atoms with Crippen molar-refractivity contribution in [1.29, 1.82) is 0 Å². The number of para-hydroxylation sites is 1. The third kappa shape index (κ3) is 2.85. The number of benzene rings is 1. The molecule has 4 nitrogen and oxygen atoms in total. The van der Waals surface area contributed by atoms with E-state index in [4.69, 9.17) is 4.42 Å². The first-order valence-corrected chi connectivity index (χ1v) is 8.20. The fraction of sp³-hybridized carbons (Fsp3) is 0.176. The van der Waals surface area contributed by atoms with Crippen molar-refractivity contribution in [3.05, 3.63) is 60.0 Å². The second-order valence-electron chi connectivity index (χ2n) is 4.94. The highest BCUT2D eigenvalue weighted by atomic mass is 32.2. The van der Waals surface area contributed by atoms with E-state index in [1.54, 1.807) is 18.3 Å². The van der Waals surface area contributed by atoms with Gasteiger partial charge in [0.2, 0.25) is 0 Å². The number of hydrogen-bond acceptors (Lipinski definition) is 4. The summed E-state index contributed by atoms with van der Waals surface area (Å²) in [7, 11) is 0. The first kappa shape index (κ1) is 14.7. The Morgan fingerprint density at radius 2 is 2.09 bits per heavy atom. The summed E-state index contributed by atoms with van der Waals surface area (Å²) < 4.78 is 5.79. The quantitative estimate of drug-likeness (QED) is 0.739. The van der Waals surface area contributed by atoms with Crippen molar-refractivity contribution in [2.75, 3.05) is 6.26 Å². The number of aromatic nitrogens is 1. The molecule has 3 aromatic rings. The van der Waals surface area contributed by atoms with Gasteiger partial charge < -0.3 is 9.73 Å².